The molecule has 0 bridgehead atoms. The second-order valence-corrected chi connectivity index (χ2v) is 7.17. The number of fused-ring (bicyclic) bond motifs is 2. The molecule has 0 aliphatic rings. The highest BCUT2D eigenvalue weighted by Crippen LogP contribution is 2.26. The molecule has 0 aliphatic heterocycles. The number of carbonyl (C=O) groups is 1. The number of benzene rings is 3. The molecule has 0 aliphatic carbocycles. The lowest BCUT2D eigenvalue weighted by atomic mass is 10.1. The Labute approximate surface area is 159 Å². The minimum Gasteiger partial charge on any atom is -0.494 e. The zero-order valence-electron chi connectivity index (χ0n) is 14.4. The Kier molecular flexibility index (Phi) is 4.98. The van der Waals surface area contributed by atoms with Gasteiger partial charge in [-0.25, -0.2) is 9.37 Å². The molecule has 27 heavy (non-hydrogen) atoms. The Balaban J connectivity index is 1.27. The molecule has 6 heteroatoms. The van der Waals surface area contributed by atoms with Crippen LogP contribution in [0.5, 0.6) is 5.75 Å². The van der Waals surface area contributed by atoms with Gasteiger partial charge in [-0.3, -0.25) is 4.79 Å². The average molecular weight is 380 g/mol. The fraction of sp³-hybridized carbons (Fsp3) is 0.143. The number of carbonyl (C=O) groups excluding carboxylic acids is 1. The van der Waals surface area contributed by atoms with Gasteiger partial charge >= 0.3 is 0 Å². The van der Waals surface area contributed by atoms with Crippen molar-refractivity contribution in [1.82, 2.24) is 4.98 Å². The maximum Gasteiger partial charge on any atom is 0.226 e. The molecule has 136 valence electrons. The predicted molar refractivity (Wildman–Crippen MR) is 107 cm³/mol. The Morgan fingerprint density at radius 1 is 1.07 bits per heavy atom. The van der Waals surface area contributed by atoms with Gasteiger partial charge in [0.2, 0.25) is 5.91 Å². The van der Waals surface area contributed by atoms with Crippen LogP contribution in [0.25, 0.3) is 21.0 Å². The first-order chi connectivity index (χ1) is 13.2. The molecule has 0 saturated carbocycles. The first kappa shape index (κ1) is 17.4. The molecule has 0 saturated heterocycles. The number of nitrogens with one attached hydrogen (secondary N) is 1. The van der Waals surface area contributed by atoms with Gasteiger partial charge in [0.25, 0.3) is 0 Å². The number of thiazole rings is 1. The molecular weight excluding hydrogens is 363 g/mol. The van der Waals surface area contributed by atoms with Crippen LogP contribution in [0.3, 0.4) is 0 Å². The van der Waals surface area contributed by atoms with Gasteiger partial charge in [-0.05, 0) is 47.5 Å². The van der Waals surface area contributed by atoms with Crippen molar-refractivity contribution in [3.63, 3.8) is 0 Å². The van der Waals surface area contributed by atoms with Gasteiger partial charge in [-0.2, -0.15) is 0 Å². The summed E-state index contributed by atoms with van der Waals surface area (Å²) in [4.78, 5) is 16.4. The number of nitrogens with zero attached hydrogens (tertiary/aromatic N) is 1. The first-order valence-electron chi connectivity index (χ1n) is 8.65. The molecule has 4 rings (SSSR count). The van der Waals surface area contributed by atoms with E-state index >= 15 is 0 Å². The molecule has 0 spiro atoms. The Morgan fingerprint density at radius 3 is 2.81 bits per heavy atom. The number of halogens is 1. The van der Waals surface area contributed by atoms with Gasteiger partial charge in [0.1, 0.15) is 11.6 Å². The van der Waals surface area contributed by atoms with E-state index in [1.54, 1.807) is 6.07 Å². The number of ether oxygens (including phenoxy) is 1. The number of hydrogen-bond donors (Lipinski definition) is 1. The summed E-state index contributed by atoms with van der Waals surface area (Å²) in [5.41, 5.74) is 0.677. The molecule has 3 aromatic carbocycles. The smallest absolute Gasteiger partial charge is 0.226 e. The van der Waals surface area contributed by atoms with E-state index in [1.165, 1.54) is 28.9 Å². The number of anilines is 1. The van der Waals surface area contributed by atoms with Crippen molar-refractivity contribution in [2.24, 2.45) is 0 Å². The van der Waals surface area contributed by atoms with Crippen molar-refractivity contribution in [1.29, 1.82) is 0 Å². The summed E-state index contributed by atoms with van der Waals surface area (Å²) >= 11 is 1.26. The van der Waals surface area contributed by atoms with Crippen LogP contribution in [0.2, 0.25) is 0 Å². The van der Waals surface area contributed by atoms with Crippen LogP contribution in [0.1, 0.15) is 12.8 Å². The lowest BCUT2D eigenvalue weighted by molar-refractivity contribution is -0.116. The Morgan fingerprint density at radius 2 is 1.93 bits per heavy atom. The topological polar surface area (TPSA) is 51.2 Å². The van der Waals surface area contributed by atoms with Crippen molar-refractivity contribution in [2.45, 2.75) is 12.8 Å². The lowest BCUT2D eigenvalue weighted by Gasteiger charge is -2.07. The second kappa shape index (κ2) is 7.72. The summed E-state index contributed by atoms with van der Waals surface area (Å²) in [6.07, 6.45) is 0.927. The molecule has 1 N–H and O–H groups in total. The van der Waals surface area contributed by atoms with Crippen LogP contribution in [0, 0.1) is 5.82 Å². The van der Waals surface area contributed by atoms with Gasteiger partial charge in [0, 0.05) is 6.42 Å². The van der Waals surface area contributed by atoms with Gasteiger partial charge < -0.3 is 10.1 Å². The third-order valence-electron chi connectivity index (χ3n) is 4.13. The van der Waals surface area contributed by atoms with Gasteiger partial charge in [-0.15, -0.1) is 0 Å². The van der Waals surface area contributed by atoms with E-state index in [1.807, 2.05) is 36.4 Å². The largest absolute Gasteiger partial charge is 0.494 e. The SMILES string of the molecule is O=C(CCCOc1ccc2ccccc2c1)Nc1nc2ccc(F)cc2s1. The fourth-order valence-corrected chi connectivity index (χ4v) is 3.72. The fourth-order valence-electron chi connectivity index (χ4n) is 2.81. The molecule has 0 atom stereocenters. The lowest BCUT2D eigenvalue weighted by Crippen LogP contribution is -2.12. The summed E-state index contributed by atoms with van der Waals surface area (Å²) < 4.78 is 19.7. The number of amides is 1. The monoisotopic (exact) mass is 380 g/mol. The summed E-state index contributed by atoms with van der Waals surface area (Å²) in [6, 6.07) is 18.4. The number of rotatable bonds is 6. The summed E-state index contributed by atoms with van der Waals surface area (Å²) in [7, 11) is 0. The van der Waals surface area contributed by atoms with Crippen molar-refractivity contribution >= 4 is 43.4 Å². The van der Waals surface area contributed by atoms with Crippen LogP contribution in [0.15, 0.2) is 60.7 Å². The normalized spacial score (nSPS) is 11.0. The van der Waals surface area contributed by atoms with E-state index in [4.69, 9.17) is 4.74 Å². The third kappa shape index (κ3) is 4.23. The van der Waals surface area contributed by atoms with Crippen LogP contribution in [0.4, 0.5) is 9.52 Å². The van der Waals surface area contributed by atoms with E-state index in [0.717, 1.165) is 11.1 Å². The highest BCUT2D eigenvalue weighted by molar-refractivity contribution is 7.22. The highest BCUT2D eigenvalue weighted by Gasteiger charge is 2.08. The summed E-state index contributed by atoms with van der Waals surface area (Å²) in [6.45, 7) is 0.455. The standard InChI is InChI=1S/C21H17FN2O2S/c22-16-8-10-18-19(13-16)27-21(23-18)24-20(25)6-3-11-26-17-9-7-14-4-1-2-5-15(14)12-17/h1-2,4-5,7-10,12-13H,3,6,11H2,(H,23,24,25). The first-order valence-corrected chi connectivity index (χ1v) is 9.46. The molecule has 0 fully saturated rings. The average Bonchev–Trinajstić information content (AvgIpc) is 3.06. The second-order valence-electron chi connectivity index (χ2n) is 6.14. The van der Waals surface area contributed by atoms with Crippen LogP contribution in [-0.4, -0.2) is 17.5 Å². The zero-order valence-corrected chi connectivity index (χ0v) is 15.3. The van der Waals surface area contributed by atoms with Crippen LogP contribution < -0.4 is 10.1 Å². The highest BCUT2D eigenvalue weighted by atomic mass is 32.1. The van der Waals surface area contributed by atoms with Crippen molar-refractivity contribution in [3.05, 3.63) is 66.5 Å². The summed E-state index contributed by atoms with van der Waals surface area (Å²) in [5, 5.41) is 5.54. The minimum absolute atomic E-state index is 0.128. The van der Waals surface area contributed by atoms with Crippen LogP contribution >= 0.6 is 11.3 Å². The molecule has 4 nitrogen and oxygen atoms in total. The minimum atomic E-state index is -0.310. The van der Waals surface area contributed by atoms with Crippen LogP contribution in [-0.2, 0) is 4.79 Å². The van der Waals surface area contributed by atoms with E-state index in [2.05, 4.69) is 16.4 Å². The van der Waals surface area contributed by atoms with E-state index in [9.17, 15) is 9.18 Å². The predicted octanol–water partition coefficient (Wildman–Crippen LogP) is 5.39. The zero-order chi connectivity index (χ0) is 18.6. The molecule has 0 radical (unpaired) electrons. The molecule has 1 aromatic heterocycles. The Bertz CT molecular complexity index is 1110. The van der Waals surface area contributed by atoms with Crippen molar-refractivity contribution in [3.8, 4) is 5.75 Å². The Hall–Kier alpha value is -2.99. The third-order valence-corrected chi connectivity index (χ3v) is 5.07. The molecule has 4 aromatic rings. The van der Waals surface area contributed by atoms with E-state index in [-0.39, 0.29) is 11.7 Å². The molecular formula is C21H17FN2O2S. The van der Waals surface area contributed by atoms with Gasteiger partial charge in [-0.1, -0.05) is 41.7 Å². The quantitative estimate of drug-likeness (QED) is 0.457. The van der Waals surface area contributed by atoms with E-state index < -0.39 is 0 Å². The van der Waals surface area contributed by atoms with Gasteiger partial charge in [0.15, 0.2) is 5.13 Å². The number of aromatic nitrogens is 1. The molecule has 1 amide bonds. The van der Waals surface area contributed by atoms with Gasteiger partial charge in [0.05, 0.1) is 16.8 Å². The van der Waals surface area contributed by atoms with Crippen molar-refractivity contribution < 1.29 is 13.9 Å². The molecule has 1 heterocycles. The molecule has 0 unspecified atom stereocenters. The van der Waals surface area contributed by atoms with Crippen molar-refractivity contribution in [2.75, 3.05) is 11.9 Å². The maximum absolute atomic E-state index is 13.2. The maximum atomic E-state index is 13.2. The summed E-state index contributed by atoms with van der Waals surface area (Å²) in [5.74, 6) is 0.355. The van der Waals surface area contributed by atoms with E-state index in [0.29, 0.717) is 34.8 Å². The number of hydrogen-bond acceptors (Lipinski definition) is 4.